The molecule has 0 bridgehead atoms. The lowest BCUT2D eigenvalue weighted by Crippen LogP contribution is -2.53. The second-order valence-corrected chi connectivity index (χ2v) is 5.35. The second-order valence-electron chi connectivity index (χ2n) is 5.35. The number of ether oxygens (including phenoxy) is 1. The fourth-order valence-corrected chi connectivity index (χ4v) is 2.53. The number of carbonyl (C=O) groups is 2. The van der Waals surface area contributed by atoms with E-state index >= 15 is 0 Å². The van der Waals surface area contributed by atoms with Crippen molar-refractivity contribution in [2.45, 2.75) is 13.3 Å². The molecular weight excluding hydrogens is 301 g/mol. The molecule has 1 aromatic rings. The van der Waals surface area contributed by atoms with E-state index in [0.29, 0.717) is 38.3 Å². The highest BCUT2D eigenvalue weighted by Crippen LogP contribution is 2.18. The summed E-state index contributed by atoms with van der Waals surface area (Å²) in [5, 5.41) is 2.75. The summed E-state index contributed by atoms with van der Waals surface area (Å²) in [5.74, 6) is -0.374. The maximum Gasteiger partial charge on any atom is 0.317 e. The van der Waals surface area contributed by atoms with Crippen molar-refractivity contribution >= 4 is 11.9 Å². The Labute approximate surface area is 135 Å². The third-order valence-corrected chi connectivity index (χ3v) is 3.82. The van der Waals surface area contributed by atoms with E-state index in [4.69, 9.17) is 4.74 Å². The Balaban J connectivity index is 1.88. The Morgan fingerprint density at radius 3 is 2.43 bits per heavy atom. The molecule has 0 radical (unpaired) electrons. The van der Waals surface area contributed by atoms with Crippen molar-refractivity contribution in [2.24, 2.45) is 0 Å². The van der Waals surface area contributed by atoms with Crippen LogP contribution in [0.1, 0.15) is 12.5 Å². The predicted octanol–water partition coefficient (Wildman–Crippen LogP) is 1.25. The van der Waals surface area contributed by atoms with Gasteiger partial charge < -0.3 is 19.9 Å². The molecular formula is C16H22FN3O3. The van der Waals surface area contributed by atoms with Gasteiger partial charge in [-0.3, -0.25) is 4.79 Å². The topological polar surface area (TPSA) is 61.9 Å². The van der Waals surface area contributed by atoms with E-state index in [0.717, 1.165) is 0 Å². The summed E-state index contributed by atoms with van der Waals surface area (Å²) >= 11 is 0. The highest BCUT2D eigenvalue weighted by molar-refractivity contribution is 5.79. The van der Waals surface area contributed by atoms with Gasteiger partial charge in [-0.15, -0.1) is 0 Å². The van der Waals surface area contributed by atoms with Crippen LogP contribution in [0.25, 0.3) is 0 Å². The number of rotatable bonds is 4. The standard InChI is InChI=1S/C16H22FN3O3/c1-3-18-16(22)20-8-6-19(7-9-20)15(21)11-12-4-5-14(23-2)13(17)10-12/h4-5,10H,3,6-9,11H2,1-2H3,(H,18,22). The maximum atomic E-state index is 13.7. The number of hydrogen-bond acceptors (Lipinski definition) is 3. The van der Waals surface area contributed by atoms with Crippen LogP contribution < -0.4 is 10.1 Å². The number of amides is 3. The molecule has 0 spiro atoms. The number of urea groups is 1. The van der Waals surface area contributed by atoms with Crippen LogP contribution in [0.15, 0.2) is 18.2 Å². The molecule has 23 heavy (non-hydrogen) atoms. The summed E-state index contributed by atoms with van der Waals surface area (Å²) < 4.78 is 18.5. The lowest BCUT2D eigenvalue weighted by molar-refractivity contribution is -0.131. The highest BCUT2D eigenvalue weighted by atomic mass is 19.1. The average Bonchev–Trinajstić information content (AvgIpc) is 2.55. The Bertz CT molecular complexity index is 572. The van der Waals surface area contributed by atoms with Gasteiger partial charge in [0.2, 0.25) is 5.91 Å². The first-order valence-corrected chi connectivity index (χ1v) is 7.68. The van der Waals surface area contributed by atoms with Gasteiger partial charge in [-0.2, -0.15) is 0 Å². The molecule has 7 heteroatoms. The normalized spacial score (nSPS) is 14.6. The Kier molecular flexibility index (Phi) is 5.78. The lowest BCUT2D eigenvalue weighted by Gasteiger charge is -2.34. The first-order chi connectivity index (χ1) is 11.0. The molecule has 0 aromatic heterocycles. The van der Waals surface area contributed by atoms with E-state index in [2.05, 4.69) is 5.32 Å². The quantitative estimate of drug-likeness (QED) is 0.907. The zero-order valence-electron chi connectivity index (χ0n) is 13.5. The molecule has 2 rings (SSSR count). The fraction of sp³-hybridized carbons (Fsp3) is 0.500. The van der Waals surface area contributed by atoms with Crippen molar-refractivity contribution in [2.75, 3.05) is 39.8 Å². The molecule has 1 aliphatic rings. The number of nitrogens with one attached hydrogen (secondary N) is 1. The molecule has 0 atom stereocenters. The van der Waals surface area contributed by atoms with Gasteiger partial charge in [-0.25, -0.2) is 9.18 Å². The van der Waals surface area contributed by atoms with Gasteiger partial charge in [0.15, 0.2) is 11.6 Å². The Morgan fingerprint density at radius 1 is 1.22 bits per heavy atom. The zero-order chi connectivity index (χ0) is 16.8. The van der Waals surface area contributed by atoms with Crippen molar-refractivity contribution in [1.82, 2.24) is 15.1 Å². The van der Waals surface area contributed by atoms with Crippen LogP contribution in [0.5, 0.6) is 5.75 Å². The molecule has 1 heterocycles. The number of halogens is 1. The van der Waals surface area contributed by atoms with E-state index in [1.54, 1.807) is 15.9 Å². The Morgan fingerprint density at radius 2 is 1.87 bits per heavy atom. The molecule has 1 N–H and O–H groups in total. The second kappa shape index (κ2) is 7.80. The van der Waals surface area contributed by atoms with Gasteiger partial charge >= 0.3 is 6.03 Å². The van der Waals surface area contributed by atoms with Crippen LogP contribution in [-0.2, 0) is 11.2 Å². The van der Waals surface area contributed by atoms with E-state index in [-0.39, 0.29) is 24.1 Å². The van der Waals surface area contributed by atoms with Crippen molar-refractivity contribution in [3.05, 3.63) is 29.6 Å². The summed E-state index contributed by atoms with van der Waals surface area (Å²) in [4.78, 5) is 27.4. The smallest absolute Gasteiger partial charge is 0.317 e. The molecule has 1 saturated heterocycles. The van der Waals surface area contributed by atoms with Gasteiger partial charge in [0.25, 0.3) is 0 Å². The Hall–Kier alpha value is -2.31. The number of hydrogen-bond donors (Lipinski definition) is 1. The van der Waals surface area contributed by atoms with E-state index in [1.807, 2.05) is 6.92 Å². The minimum atomic E-state index is -0.473. The summed E-state index contributed by atoms with van der Waals surface area (Å²) in [7, 11) is 1.40. The first-order valence-electron chi connectivity index (χ1n) is 7.68. The minimum absolute atomic E-state index is 0.0647. The van der Waals surface area contributed by atoms with E-state index in [9.17, 15) is 14.0 Å². The van der Waals surface area contributed by atoms with Crippen molar-refractivity contribution in [3.63, 3.8) is 0 Å². The van der Waals surface area contributed by atoms with E-state index in [1.165, 1.54) is 19.2 Å². The van der Waals surface area contributed by atoms with Gasteiger partial charge in [-0.05, 0) is 24.6 Å². The summed E-state index contributed by atoms with van der Waals surface area (Å²) in [6.45, 7) is 4.46. The van der Waals surface area contributed by atoms with Crippen molar-refractivity contribution in [3.8, 4) is 5.75 Å². The molecule has 3 amide bonds. The van der Waals surface area contributed by atoms with Crippen LogP contribution in [0.2, 0.25) is 0 Å². The third kappa shape index (κ3) is 4.34. The van der Waals surface area contributed by atoms with Gasteiger partial charge in [0.05, 0.1) is 13.5 Å². The van der Waals surface area contributed by atoms with Crippen LogP contribution in [0.4, 0.5) is 9.18 Å². The maximum absolute atomic E-state index is 13.7. The molecule has 126 valence electrons. The minimum Gasteiger partial charge on any atom is -0.494 e. The van der Waals surface area contributed by atoms with Gasteiger partial charge in [0.1, 0.15) is 0 Å². The molecule has 6 nitrogen and oxygen atoms in total. The van der Waals surface area contributed by atoms with Crippen molar-refractivity contribution in [1.29, 1.82) is 0 Å². The summed E-state index contributed by atoms with van der Waals surface area (Å²) in [6, 6.07) is 4.43. The van der Waals surface area contributed by atoms with Crippen molar-refractivity contribution < 1.29 is 18.7 Å². The van der Waals surface area contributed by atoms with Crippen LogP contribution in [-0.4, -0.2) is 61.6 Å². The number of piperazine rings is 1. The monoisotopic (exact) mass is 323 g/mol. The first kappa shape index (κ1) is 17.1. The predicted molar refractivity (Wildman–Crippen MR) is 83.9 cm³/mol. The molecule has 1 aromatic carbocycles. The average molecular weight is 323 g/mol. The number of benzene rings is 1. The van der Waals surface area contributed by atoms with Gasteiger partial charge in [-0.1, -0.05) is 6.07 Å². The molecule has 1 aliphatic heterocycles. The number of carbonyl (C=O) groups excluding carboxylic acids is 2. The van der Waals surface area contributed by atoms with Crippen LogP contribution in [0.3, 0.4) is 0 Å². The number of methoxy groups -OCH3 is 1. The van der Waals surface area contributed by atoms with Crippen LogP contribution in [0, 0.1) is 5.82 Å². The summed E-state index contributed by atoms with van der Waals surface area (Å²) in [5.41, 5.74) is 0.611. The SMILES string of the molecule is CCNC(=O)N1CCN(C(=O)Cc2ccc(OC)c(F)c2)CC1. The van der Waals surface area contributed by atoms with Gasteiger partial charge in [0, 0.05) is 32.7 Å². The van der Waals surface area contributed by atoms with Crippen LogP contribution >= 0.6 is 0 Å². The molecule has 1 fully saturated rings. The fourth-order valence-electron chi connectivity index (χ4n) is 2.53. The number of nitrogens with zero attached hydrogens (tertiary/aromatic N) is 2. The third-order valence-electron chi connectivity index (χ3n) is 3.82. The van der Waals surface area contributed by atoms with E-state index < -0.39 is 5.82 Å². The largest absolute Gasteiger partial charge is 0.494 e. The highest BCUT2D eigenvalue weighted by Gasteiger charge is 2.23. The molecule has 0 aliphatic carbocycles. The molecule has 0 saturated carbocycles. The lowest BCUT2D eigenvalue weighted by atomic mass is 10.1. The zero-order valence-corrected chi connectivity index (χ0v) is 13.5. The molecule has 0 unspecified atom stereocenters. The summed E-state index contributed by atoms with van der Waals surface area (Å²) in [6.07, 6.45) is 0.141.